The predicted molar refractivity (Wildman–Crippen MR) is 85.1 cm³/mol. The standard InChI is InChI=1S/C18H12F3NO3/c19-12-5-3-6-13(20)10(12)8-22-9-11(18(24)25)17(23)16-14(21)4-1-2-7-15(16)22/h1-6,9H,7-8H2,(H,24,25). The Morgan fingerprint density at radius 1 is 1.20 bits per heavy atom. The fourth-order valence-corrected chi connectivity index (χ4v) is 2.73. The fraction of sp³-hybridized carbons (Fsp3) is 0.111. The zero-order valence-electron chi connectivity index (χ0n) is 12.8. The summed E-state index contributed by atoms with van der Waals surface area (Å²) < 4.78 is 43.3. The lowest BCUT2D eigenvalue weighted by molar-refractivity contribution is 0.0694. The third-order valence-electron chi connectivity index (χ3n) is 3.94. The molecule has 0 fully saturated rings. The van der Waals surface area contributed by atoms with Crippen molar-refractivity contribution in [1.29, 1.82) is 0 Å². The number of rotatable bonds is 3. The largest absolute Gasteiger partial charge is 0.477 e. The Bertz CT molecular complexity index is 970. The number of benzene rings is 1. The van der Waals surface area contributed by atoms with Crippen LogP contribution in [0.15, 0.2) is 47.4 Å². The smallest absolute Gasteiger partial charge is 0.341 e. The normalized spacial score (nSPS) is 13.2. The summed E-state index contributed by atoms with van der Waals surface area (Å²) in [5.41, 5.74) is -2.18. The first-order valence-electron chi connectivity index (χ1n) is 7.35. The average molecular weight is 347 g/mol. The van der Waals surface area contributed by atoms with Gasteiger partial charge in [-0.25, -0.2) is 18.0 Å². The molecule has 4 nitrogen and oxygen atoms in total. The van der Waals surface area contributed by atoms with E-state index in [0.717, 1.165) is 24.4 Å². The minimum absolute atomic E-state index is 0.116. The van der Waals surface area contributed by atoms with Crippen LogP contribution >= 0.6 is 0 Å². The molecule has 1 heterocycles. The Labute approximate surface area is 140 Å². The highest BCUT2D eigenvalue weighted by Crippen LogP contribution is 2.24. The Balaban J connectivity index is 2.27. The predicted octanol–water partition coefficient (Wildman–Crippen LogP) is 3.30. The molecule has 1 aliphatic rings. The highest BCUT2D eigenvalue weighted by Gasteiger charge is 2.23. The van der Waals surface area contributed by atoms with Gasteiger partial charge in [-0.2, -0.15) is 0 Å². The first-order valence-corrected chi connectivity index (χ1v) is 7.35. The third-order valence-corrected chi connectivity index (χ3v) is 3.94. The van der Waals surface area contributed by atoms with E-state index in [0.29, 0.717) is 0 Å². The van der Waals surface area contributed by atoms with E-state index in [1.54, 1.807) is 6.08 Å². The number of carboxylic acid groups (broad SMARTS) is 1. The summed E-state index contributed by atoms with van der Waals surface area (Å²) in [7, 11) is 0. The molecule has 3 rings (SSSR count). The lowest BCUT2D eigenvalue weighted by atomic mass is 10.1. The highest BCUT2D eigenvalue weighted by atomic mass is 19.1. The molecule has 1 aromatic carbocycles. The molecule has 7 heteroatoms. The lowest BCUT2D eigenvalue weighted by Crippen LogP contribution is -2.25. The van der Waals surface area contributed by atoms with Crippen molar-refractivity contribution in [3.8, 4) is 0 Å². The summed E-state index contributed by atoms with van der Waals surface area (Å²) >= 11 is 0. The summed E-state index contributed by atoms with van der Waals surface area (Å²) in [6, 6.07) is 3.34. The fourth-order valence-electron chi connectivity index (χ4n) is 2.73. The van der Waals surface area contributed by atoms with E-state index in [-0.39, 0.29) is 24.2 Å². The van der Waals surface area contributed by atoms with Crippen LogP contribution in [0.2, 0.25) is 0 Å². The second-order valence-electron chi connectivity index (χ2n) is 5.47. The number of halogens is 3. The molecular weight excluding hydrogens is 335 g/mol. The molecule has 1 aromatic heterocycles. The lowest BCUT2D eigenvalue weighted by Gasteiger charge is -2.17. The Morgan fingerprint density at radius 3 is 2.52 bits per heavy atom. The van der Waals surface area contributed by atoms with Gasteiger partial charge in [0, 0.05) is 23.9 Å². The number of aromatic carboxylic acids is 1. The maximum atomic E-state index is 14.3. The van der Waals surface area contributed by atoms with Crippen LogP contribution in [0.3, 0.4) is 0 Å². The van der Waals surface area contributed by atoms with Gasteiger partial charge in [0.05, 0.1) is 12.1 Å². The van der Waals surface area contributed by atoms with Gasteiger partial charge in [0.15, 0.2) is 0 Å². The van der Waals surface area contributed by atoms with E-state index in [2.05, 4.69) is 0 Å². The minimum atomic E-state index is -1.54. The topological polar surface area (TPSA) is 59.3 Å². The van der Waals surface area contributed by atoms with Crippen molar-refractivity contribution in [2.24, 2.45) is 0 Å². The Morgan fingerprint density at radius 2 is 1.88 bits per heavy atom. The van der Waals surface area contributed by atoms with Crippen molar-refractivity contribution in [3.05, 3.63) is 86.9 Å². The third kappa shape index (κ3) is 3.00. The van der Waals surface area contributed by atoms with Crippen LogP contribution in [0.1, 0.15) is 27.2 Å². The van der Waals surface area contributed by atoms with Gasteiger partial charge in [-0.05, 0) is 18.2 Å². The van der Waals surface area contributed by atoms with Gasteiger partial charge in [0.2, 0.25) is 5.43 Å². The molecule has 0 spiro atoms. The molecule has 0 radical (unpaired) electrons. The number of aromatic nitrogens is 1. The number of pyridine rings is 1. The molecular formula is C18H12F3NO3. The van der Waals surface area contributed by atoms with E-state index in [9.17, 15) is 27.9 Å². The maximum Gasteiger partial charge on any atom is 0.341 e. The number of hydrogen-bond acceptors (Lipinski definition) is 2. The molecule has 0 aliphatic heterocycles. The average Bonchev–Trinajstić information content (AvgIpc) is 2.75. The zero-order valence-corrected chi connectivity index (χ0v) is 12.8. The number of carboxylic acids is 1. The van der Waals surface area contributed by atoms with Crippen LogP contribution in [0.4, 0.5) is 13.2 Å². The number of carbonyl (C=O) groups is 1. The molecule has 0 saturated carbocycles. The molecule has 1 N–H and O–H groups in total. The number of allylic oxidation sites excluding steroid dienone is 3. The minimum Gasteiger partial charge on any atom is -0.477 e. The van der Waals surface area contributed by atoms with Gasteiger partial charge in [-0.1, -0.05) is 18.2 Å². The molecule has 0 atom stereocenters. The Hall–Kier alpha value is -3.09. The molecule has 25 heavy (non-hydrogen) atoms. The van der Waals surface area contributed by atoms with Crippen molar-refractivity contribution >= 4 is 11.8 Å². The van der Waals surface area contributed by atoms with Gasteiger partial charge in [-0.15, -0.1) is 0 Å². The number of hydrogen-bond donors (Lipinski definition) is 1. The van der Waals surface area contributed by atoms with Crippen LogP contribution in [0.25, 0.3) is 5.83 Å². The van der Waals surface area contributed by atoms with E-state index in [4.69, 9.17) is 0 Å². The molecule has 0 amide bonds. The van der Waals surface area contributed by atoms with Gasteiger partial charge < -0.3 is 9.67 Å². The van der Waals surface area contributed by atoms with Gasteiger partial charge in [-0.3, -0.25) is 4.79 Å². The highest BCUT2D eigenvalue weighted by molar-refractivity contribution is 5.88. The summed E-state index contributed by atoms with van der Waals surface area (Å²) in [5.74, 6) is -4.06. The maximum absolute atomic E-state index is 14.3. The summed E-state index contributed by atoms with van der Waals surface area (Å²) in [5, 5.41) is 9.20. The van der Waals surface area contributed by atoms with Crippen molar-refractivity contribution in [3.63, 3.8) is 0 Å². The summed E-state index contributed by atoms with van der Waals surface area (Å²) in [4.78, 5) is 23.6. The zero-order chi connectivity index (χ0) is 18.1. The van der Waals surface area contributed by atoms with Gasteiger partial charge in [0.25, 0.3) is 0 Å². The molecule has 1 aliphatic carbocycles. The van der Waals surface area contributed by atoms with E-state index >= 15 is 0 Å². The molecule has 0 unspecified atom stereocenters. The summed E-state index contributed by atoms with van der Waals surface area (Å²) in [6.45, 7) is -0.373. The van der Waals surface area contributed by atoms with E-state index < -0.39 is 40.0 Å². The van der Waals surface area contributed by atoms with Crippen LogP contribution in [-0.2, 0) is 13.0 Å². The Kier molecular flexibility index (Phi) is 4.31. The van der Waals surface area contributed by atoms with E-state index in [1.165, 1.54) is 16.7 Å². The second kappa shape index (κ2) is 6.43. The van der Waals surface area contributed by atoms with Gasteiger partial charge in [0.1, 0.15) is 23.0 Å². The molecule has 0 saturated heterocycles. The van der Waals surface area contributed by atoms with Crippen molar-refractivity contribution in [2.45, 2.75) is 13.0 Å². The first kappa shape index (κ1) is 16.8. The van der Waals surface area contributed by atoms with Crippen LogP contribution < -0.4 is 5.43 Å². The van der Waals surface area contributed by atoms with Crippen molar-refractivity contribution in [2.75, 3.05) is 0 Å². The van der Waals surface area contributed by atoms with E-state index in [1.807, 2.05) is 0 Å². The monoisotopic (exact) mass is 347 g/mol. The number of fused-ring (bicyclic) bond motifs is 1. The van der Waals surface area contributed by atoms with Crippen molar-refractivity contribution in [1.82, 2.24) is 4.57 Å². The van der Waals surface area contributed by atoms with Crippen LogP contribution in [0.5, 0.6) is 0 Å². The SMILES string of the molecule is O=C(O)c1cn(Cc2c(F)cccc2F)c2c(c1=O)C(F)=CC=CC2. The van der Waals surface area contributed by atoms with Crippen LogP contribution in [0, 0.1) is 11.6 Å². The van der Waals surface area contributed by atoms with Crippen molar-refractivity contribution < 1.29 is 23.1 Å². The quantitative estimate of drug-likeness (QED) is 0.927. The first-order chi connectivity index (χ1) is 11.9. The van der Waals surface area contributed by atoms with Crippen LogP contribution in [-0.4, -0.2) is 15.6 Å². The molecule has 128 valence electrons. The molecule has 2 aromatic rings. The number of nitrogens with zero attached hydrogens (tertiary/aromatic N) is 1. The summed E-state index contributed by atoms with van der Waals surface area (Å²) in [6.07, 6.45) is 5.11. The second-order valence-corrected chi connectivity index (χ2v) is 5.47. The molecule has 0 bridgehead atoms. The van der Waals surface area contributed by atoms with Gasteiger partial charge >= 0.3 is 5.97 Å².